The van der Waals surface area contributed by atoms with Gasteiger partial charge in [-0.1, -0.05) is 26.8 Å². The second kappa shape index (κ2) is 4.26. The van der Waals surface area contributed by atoms with Crippen LogP contribution in [0.4, 0.5) is 13.2 Å². The van der Waals surface area contributed by atoms with Gasteiger partial charge in [0, 0.05) is 18.7 Å². The fourth-order valence-electron chi connectivity index (χ4n) is 2.02. The second-order valence-corrected chi connectivity index (χ2v) is 5.96. The van der Waals surface area contributed by atoms with Gasteiger partial charge >= 0.3 is 0 Å². The molecule has 1 heterocycles. The highest BCUT2D eigenvalue weighted by atomic mass is 19.3. The van der Waals surface area contributed by atoms with Crippen molar-refractivity contribution < 1.29 is 13.2 Å². The van der Waals surface area contributed by atoms with Gasteiger partial charge in [0.15, 0.2) is 5.67 Å². The molecule has 1 aromatic rings. The molecule has 0 radical (unpaired) electrons. The molecule has 0 aromatic heterocycles. The van der Waals surface area contributed by atoms with Crippen LogP contribution in [0.1, 0.15) is 43.9 Å². The number of halogens is 3. The molecule has 1 N–H and O–H groups in total. The van der Waals surface area contributed by atoms with Crippen molar-refractivity contribution in [2.75, 3.05) is 13.1 Å². The maximum absolute atomic E-state index is 14.3. The SMILES string of the molecule is CC(C)(C)c1cc(C(F)F)cc(C2(F)CNC2)c1. The Morgan fingerprint density at radius 2 is 1.78 bits per heavy atom. The fraction of sp³-hybridized carbons (Fsp3) is 0.571. The highest BCUT2D eigenvalue weighted by Crippen LogP contribution is 2.36. The Labute approximate surface area is 105 Å². The van der Waals surface area contributed by atoms with Crippen LogP contribution >= 0.6 is 0 Å². The summed E-state index contributed by atoms with van der Waals surface area (Å²) in [7, 11) is 0. The highest BCUT2D eigenvalue weighted by molar-refractivity contribution is 5.39. The highest BCUT2D eigenvalue weighted by Gasteiger charge is 2.39. The van der Waals surface area contributed by atoms with Gasteiger partial charge < -0.3 is 5.32 Å². The quantitative estimate of drug-likeness (QED) is 0.852. The number of rotatable bonds is 2. The average Bonchev–Trinajstić information content (AvgIpc) is 2.24. The molecule has 0 unspecified atom stereocenters. The first-order valence-electron chi connectivity index (χ1n) is 6.06. The Morgan fingerprint density at radius 1 is 1.17 bits per heavy atom. The first kappa shape index (κ1) is 13.4. The van der Waals surface area contributed by atoms with E-state index in [0.717, 1.165) is 5.56 Å². The Bertz CT molecular complexity index is 445. The van der Waals surface area contributed by atoms with Gasteiger partial charge in [0.05, 0.1) is 0 Å². The van der Waals surface area contributed by atoms with E-state index in [1.165, 1.54) is 12.1 Å². The molecule has 0 bridgehead atoms. The molecule has 2 rings (SSSR count). The first-order chi connectivity index (χ1) is 8.22. The summed E-state index contributed by atoms with van der Waals surface area (Å²) in [5, 5.41) is 2.84. The van der Waals surface area contributed by atoms with Gasteiger partial charge in [0.2, 0.25) is 0 Å². The predicted octanol–water partition coefficient (Wildman–Crippen LogP) is 3.69. The maximum atomic E-state index is 14.3. The molecule has 100 valence electrons. The van der Waals surface area contributed by atoms with Crippen molar-refractivity contribution >= 4 is 0 Å². The number of hydrogen-bond acceptors (Lipinski definition) is 1. The molecule has 0 saturated carbocycles. The lowest BCUT2D eigenvalue weighted by molar-refractivity contribution is 0.0881. The van der Waals surface area contributed by atoms with Crippen molar-refractivity contribution in [3.05, 3.63) is 34.9 Å². The van der Waals surface area contributed by atoms with Gasteiger partial charge in [-0.2, -0.15) is 0 Å². The van der Waals surface area contributed by atoms with Crippen LogP contribution in [-0.4, -0.2) is 13.1 Å². The zero-order valence-electron chi connectivity index (χ0n) is 10.9. The molecule has 4 heteroatoms. The van der Waals surface area contributed by atoms with Crippen LogP contribution in [0.2, 0.25) is 0 Å². The summed E-state index contributed by atoms with van der Waals surface area (Å²) in [4.78, 5) is 0. The molecule has 1 saturated heterocycles. The number of nitrogens with one attached hydrogen (secondary N) is 1. The van der Waals surface area contributed by atoms with E-state index in [1.807, 2.05) is 20.8 Å². The third-order valence-electron chi connectivity index (χ3n) is 3.40. The summed E-state index contributed by atoms with van der Waals surface area (Å²) >= 11 is 0. The fourth-order valence-corrected chi connectivity index (χ4v) is 2.02. The molecular formula is C14H18F3N. The third-order valence-corrected chi connectivity index (χ3v) is 3.40. The van der Waals surface area contributed by atoms with Gasteiger partial charge in [-0.15, -0.1) is 0 Å². The summed E-state index contributed by atoms with van der Waals surface area (Å²) < 4.78 is 40.1. The lowest BCUT2D eigenvalue weighted by Crippen LogP contribution is -2.53. The van der Waals surface area contributed by atoms with Crippen molar-refractivity contribution in [3.8, 4) is 0 Å². The predicted molar refractivity (Wildman–Crippen MR) is 65.8 cm³/mol. The Balaban J connectivity index is 2.50. The third kappa shape index (κ3) is 2.39. The monoisotopic (exact) mass is 257 g/mol. The van der Waals surface area contributed by atoms with Crippen molar-refractivity contribution in [1.82, 2.24) is 5.32 Å². The summed E-state index contributed by atoms with van der Waals surface area (Å²) in [5.74, 6) is 0. The smallest absolute Gasteiger partial charge is 0.263 e. The topological polar surface area (TPSA) is 12.0 Å². The van der Waals surface area contributed by atoms with Gasteiger partial charge in [0.1, 0.15) is 0 Å². The standard InChI is InChI=1S/C14H18F3N/c1-13(2,3)10-4-9(12(15)16)5-11(6-10)14(17)7-18-8-14/h4-6,12,18H,7-8H2,1-3H3. The largest absolute Gasteiger partial charge is 0.310 e. The van der Waals surface area contributed by atoms with E-state index in [2.05, 4.69) is 5.32 Å². The Hall–Kier alpha value is -1.03. The summed E-state index contributed by atoms with van der Waals surface area (Å²) in [6.45, 7) is 6.20. The van der Waals surface area contributed by atoms with Crippen LogP contribution in [0.5, 0.6) is 0 Å². The summed E-state index contributed by atoms with van der Waals surface area (Å²) in [6, 6.07) is 4.48. The van der Waals surface area contributed by atoms with E-state index in [1.54, 1.807) is 6.07 Å². The van der Waals surface area contributed by atoms with Crippen molar-refractivity contribution in [1.29, 1.82) is 0 Å². The molecule has 0 spiro atoms. The molecule has 1 fully saturated rings. The number of hydrogen-bond donors (Lipinski definition) is 1. The van der Waals surface area contributed by atoms with Gasteiger partial charge in [0.25, 0.3) is 6.43 Å². The molecule has 0 aliphatic carbocycles. The minimum Gasteiger partial charge on any atom is -0.310 e. The average molecular weight is 257 g/mol. The van der Waals surface area contributed by atoms with Crippen LogP contribution < -0.4 is 5.32 Å². The normalized spacial score (nSPS) is 18.8. The molecule has 1 aliphatic heterocycles. The summed E-state index contributed by atoms with van der Waals surface area (Å²) in [6.07, 6.45) is -2.57. The zero-order chi connectivity index (χ0) is 13.6. The van der Waals surface area contributed by atoms with E-state index in [0.29, 0.717) is 5.56 Å². The van der Waals surface area contributed by atoms with Crippen molar-refractivity contribution in [2.45, 2.75) is 38.3 Å². The summed E-state index contributed by atoms with van der Waals surface area (Å²) in [5.41, 5.74) is -0.748. The van der Waals surface area contributed by atoms with Crippen molar-refractivity contribution in [3.63, 3.8) is 0 Å². The van der Waals surface area contributed by atoms with E-state index < -0.39 is 12.1 Å². The molecular weight excluding hydrogens is 239 g/mol. The van der Waals surface area contributed by atoms with Gasteiger partial charge in [-0.05, 0) is 28.7 Å². The van der Waals surface area contributed by atoms with Crippen LogP contribution in [0.3, 0.4) is 0 Å². The van der Waals surface area contributed by atoms with Crippen molar-refractivity contribution in [2.24, 2.45) is 0 Å². The minimum absolute atomic E-state index is 0.0960. The van der Waals surface area contributed by atoms with E-state index in [9.17, 15) is 13.2 Å². The van der Waals surface area contributed by atoms with E-state index in [4.69, 9.17) is 0 Å². The molecule has 0 amide bonds. The first-order valence-corrected chi connectivity index (χ1v) is 6.06. The maximum Gasteiger partial charge on any atom is 0.263 e. The Kier molecular flexibility index (Phi) is 3.18. The van der Waals surface area contributed by atoms with Crippen LogP contribution in [0.15, 0.2) is 18.2 Å². The minimum atomic E-state index is -2.57. The molecule has 18 heavy (non-hydrogen) atoms. The van der Waals surface area contributed by atoms with Crippen LogP contribution in [-0.2, 0) is 11.1 Å². The lowest BCUT2D eigenvalue weighted by atomic mass is 9.81. The van der Waals surface area contributed by atoms with Crippen LogP contribution in [0.25, 0.3) is 0 Å². The van der Waals surface area contributed by atoms with E-state index in [-0.39, 0.29) is 24.1 Å². The molecule has 0 atom stereocenters. The zero-order valence-corrected chi connectivity index (χ0v) is 10.9. The van der Waals surface area contributed by atoms with Gasteiger partial charge in [-0.25, -0.2) is 13.2 Å². The second-order valence-electron chi connectivity index (χ2n) is 5.96. The molecule has 1 nitrogen and oxygen atoms in total. The molecule has 1 aliphatic rings. The lowest BCUT2D eigenvalue weighted by Gasteiger charge is -2.36. The van der Waals surface area contributed by atoms with Gasteiger partial charge in [-0.3, -0.25) is 0 Å². The number of alkyl halides is 3. The van der Waals surface area contributed by atoms with Crippen LogP contribution in [0, 0.1) is 0 Å². The number of benzene rings is 1. The Morgan fingerprint density at radius 3 is 2.17 bits per heavy atom. The van der Waals surface area contributed by atoms with E-state index >= 15 is 0 Å². The molecule has 1 aromatic carbocycles.